The third kappa shape index (κ3) is 7.36. The number of carbonyl (C=O) groups excluding carboxylic acids is 1. The maximum absolute atomic E-state index is 14.5. The summed E-state index contributed by atoms with van der Waals surface area (Å²) in [5, 5.41) is 0. The minimum Gasteiger partial charge on any atom is -0.431 e. The number of ether oxygens (including phenoxy) is 2. The van der Waals surface area contributed by atoms with Crippen molar-refractivity contribution in [3.63, 3.8) is 0 Å². The molecule has 1 aliphatic carbocycles. The molecule has 0 spiro atoms. The standard InChI is InChI=1S/C28H37FO3/c1-3-5-7-9-21-10-15-24(16-11-21)31-28(30)32-25-17-13-23(14-18-25)26-19-12-22(8-6-4-2)20-27(26)29/h12-14,17-21,24H,3-11,15-16H2,1-2H3. The van der Waals surface area contributed by atoms with Crippen molar-refractivity contribution in [2.45, 2.75) is 90.6 Å². The molecule has 0 unspecified atom stereocenters. The van der Waals surface area contributed by atoms with Crippen molar-refractivity contribution in [2.75, 3.05) is 0 Å². The van der Waals surface area contributed by atoms with Crippen LogP contribution in [0.2, 0.25) is 0 Å². The van der Waals surface area contributed by atoms with Gasteiger partial charge in [0.25, 0.3) is 0 Å². The van der Waals surface area contributed by atoms with E-state index >= 15 is 0 Å². The van der Waals surface area contributed by atoms with Gasteiger partial charge in [-0.25, -0.2) is 9.18 Å². The lowest BCUT2D eigenvalue weighted by Crippen LogP contribution is -2.26. The second kappa shape index (κ2) is 12.6. The molecule has 0 radical (unpaired) electrons. The molecule has 0 heterocycles. The van der Waals surface area contributed by atoms with E-state index in [1.807, 2.05) is 12.1 Å². The number of halogens is 1. The first-order valence-corrected chi connectivity index (χ1v) is 12.4. The average molecular weight is 441 g/mol. The highest BCUT2D eigenvalue weighted by Gasteiger charge is 2.24. The molecule has 32 heavy (non-hydrogen) atoms. The molecule has 174 valence electrons. The van der Waals surface area contributed by atoms with Gasteiger partial charge in [0.05, 0.1) is 0 Å². The molecule has 0 saturated heterocycles. The first-order chi connectivity index (χ1) is 15.6. The van der Waals surface area contributed by atoms with Gasteiger partial charge in [-0.1, -0.05) is 70.2 Å². The van der Waals surface area contributed by atoms with Crippen LogP contribution in [0.3, 0.4) is 0 Å². The monoisotopic (exact) mass is 440 g/mol. The second-order valence-corrected chi connectivity index (χ2v) is 9.05. The van der Waals surface area contributed by atoms with Gasteiger partial charge in [-0.2, -0.15) is 0 Å². The molecule has 2 aromatic rings. The van der Waals surface area contributed by atoms with Crippen molar-refractivity contribution in [3.05, 3.63) is 53.8 Å². The number of hydrogen-bond acceptors (Lipinski definition) is 3. The van der Waals surface area contributed by atoms with E-state index in [1.165, 1.54) is 25.7 Å². The third-order valence-corrected chi connectivity index (χ3v) is 6.49. The van der Waals surface area contributed by atoms with Crippen LogP contribution in [-0.2, 0) is 11.2 Å². The lowest BCUT2D eigenvalue weighted by Gasteiger charge is -2.27. The van der Waals surface area contributed by atoms with Gasteiger partial charge in [-0.15, -0.1) is 0 Å². The van der Waals surface area contributed by atoms with Crippen LogP contribution in [0, 0.1) is 11.7 Å². The minimum absolute atomic E-state index is 0.0514. The quantitative estimate of drug-likeness (QED) is 0.211. The van der Waals surface area contributed by atoms with Crippen LogP contribution in [-0.4, -0.2) is 12.3 Å². The van der Waals surface area contributed by atoms with Gasteiger partial charge < -0.3 is 9.47 Å². The Balaban J connectivity index is 1.47. The summed E-state index contributed by atoms with van der Waals surface area (Å²) in [5.74, 6) is 0.954. The molecule has 1 aliphatic rings. The molecule has 2 aromatic carbocycles. The summed E-state index contributed by atoms with van der Waals surface area (Å²) in [4.78, 5) is 12.2. The predicted octanol–water partition coefficient (Wildman–Crippen LogP) is 8.49. The fourth-order valence-corrected chi connectivity index (χ4v) is 4.51. The van der Waals surface area contributed by atoms with Crippen LogP contribution in [0.15, 0.2) is 42.5 Å². The van der Waals surface area contributed by atoms with Gasteiger partial charge in [0, 0.05) is 5.56 Å². The van der Waals surface area contributed by atoms with E-state index in [4.69, 9.17) is 9.47 Å². The van der Waals surface area contributed by atoms with E-state index in [0.717, 1.165) is 62.0 Å². The smallest absolute Gasteiger partial charge is 0.431 e. The normalized spacial score (nSPS) is 18.3. The van der Waals surface area contributed by atoms with Crippen molar-refractivity contribution in [1.29, 1.82) is 0 Å². The van der Waals surface area contributed by atoms with Crippen LogP contribution in [0.25, 0.3) is 11.1 Å². The fraction of sp³-hybridized carbons (Fsp3) is 0.536. The van der Waals surface area contributed by atoms with Gasteiger partial charge in [-0.3, -0.25) is 0 Å². The molecule has 0 aliphatic heterocycles. The number of rotatable bonds is 10. The Kier molecular flexibility index (Phi) is 9.58. The summed E-state index contributed by atoms with van der Waals surface area (Å²) in [7, 11) is 0. The van der Waals surface area contributed by atoms with E-state index in [2.05, 4.69) is 13.8 Å². The van der Waals surface area contributed by atoms with Crippen LogP contribution in [0.1, 0.15) is 83.6 Å². The zero-order valence-corrected chi connectivity index (χ0v) is 19.6. The Hall–Kier alpha value is -2.36. The fourth-order valence-electron chi connectivity index (χ4n) is 4.51. The Labute approximate surface area is 192 Å². The highest BCUT2D eigenvalue weighted by molar-refractivity contribution is 5.67. The van der Waals surface area contributed by atoms with E-state index < -0.39 is 6.16 Å². The van der Waals surface area contributed by atoms with Crippen molar-refractivity contribution in [1.82, 2.24) is 0 Å². The summed E-state index contributed by atoms with van der Waals surface area (Å²) in [6, 6.07) is 12.3. The van der Waals surface area contributed by atoms with Gasteiger partial charge in [-0.05, 0) is 73.8 Å². The lowest BCUT2D eigenvalue weighted by molar-refractivity contribution is 0.0329. The van der Waals surface area contributed by atoms with Gasteiger partial charge in [0.2, 0.25) is 0 Å². The van der Waals surface area contributed by atoms with Gasteiger partial charge >= 0.3 is 6.16 Å². The Morgan fingerprint density at radius 3 is 2.31 bits per heavy atom. The molecule has 0 aromatic heterocycles. The molecule has 3 nitrogen and oxygen atoms in total. The third-order valence-electron chi connectivity index (χ3n) is 6.49. The number of hydrogen-bond donors (Lipinski definition) is 0. The van der Waals surface area contributed by atoms with Crippen molar-refractivity contribution in [3.8, 4) is 16.9 Å². The number of aryl methyl sites for hydroxylation is 1. The van der Waals surface area contributed by atoms with E-state index in [1.54, 1.807) is 30.3 Å². The molecular formula is C28H37FO3. The van der Waals surface area contributed by atoms with E-state index in [-0.39, 0.29) is 11.9 Å². The zero-order valence-electron chi connectivity index (χ0n) is 19.6. The molecule has 3 rings (SSSR count). The van der Waals surface area contributed by atoms with Crippen LogP contribution < -0.4 is 4.74 Å². The Morgan fingerprint density at radius 1 is 0.938 bits per heavy atom. The largest absolute Gasteiger partial charge is 0.514 e. The van der Waals surface area contributed by atoms with E-state index in [9.17, 15) is 9.18 Å². The van der Waals surface area contributed by atoms with Crippen molar-refractivity contribution >= 4 is 6.16 Å². The molecule has 1 saturated carbocycles. The summed E-state index contributed by atoms with van der Waals surface area (Å²) in [6.45, 7) is 4.36. The molecular weight excluding hydrogens is 403 g/mol. The highest BCUT2D eigenvalue weighted by Crippen LogP contribution is 2.31. The average Bonchev–Trinajstić information content (AvgIpc) is 2.80. The van der Waals surface area contributed by atoms with E-state index in [0.29, 0.717) is 11.3 Å². The summed E-state index contributed by atoms with van der Waals surface area (Å²) in [5.41, 5.74) is 2.33. The first kappa shape index (κ1) is 24.3. The number of unbranched alkanes of at least 4 members (excludes halogenated alkanes) is 3. The summed E-state index contributed by atoms with van der Waals surface area (Å²) >= 11 is 0. The van der Waals surface area contributed by atoms with Gasteiger partial charge in [0.15, 0.2) is 0 Å². The topological polar surface area (TPSA) is 35.5 Å². The van der Waals surface area contributed by atoms with Gasteiger partial charge in [0.1, 0.15) is 17.7 Å². The SMILES string of the molecule is CCCCCC1CCC(OC(=O)Oc2ccc(-c3ccc(CCCC)cc3F)cc2)CC1. The van der Waals surface area contributed by atoms with Crippen LogP contribution in [0.5, 0.6) is 5.75 Å². The van der Waals surface area contributed by atoms with Crippen molar-refractivity contribution in [2.24, 2.45) is 5.92 Å². The first-order valence-electron chi connectivity index (χ1n) is 12.4. The minimum atomic E-state index is -0.654. The van der Waals surface area contributed by atoms with Crippen molar-refractivity contribution < 1.29 is 18.7 Å². The molecule has 0 atom stereocenters. The molecule has 0 N–H and O–H groups in total. The Morgan fingerprint density at radius 2 is 1.66 bits per heavy atom. The van der Waals surface area contributed by atoms with Crippen LogP contribution >= 0.6 is 0 Å². The van der Waals surface area contributed by atoms with Crippen LogP contribution in [0.4, 0.5) is 9.18 Å². The number of benzene rings is 2. The number of carbonyl (C=O) groups is 1. The highest BCUT2D eigenvalue weighted by atomic mass is 19.1. The summed E-state index contributed by atoms with van der Waals surface area (Å²) in [6.07, 6.45) is 11.6. The summed E-state index contributed by atoms with van der Waals surface area (Å²) < 4.78 is 25.4. The second-order valence-electron chi connectivity index (χ2n) is 9.05. The molecule has 4 heteroatoms. The zero-order chi connectivity index (χ0) is 22.8. The predicted molar refractivity (Wildman–Crippen MR) is 127 cm³/mol. The maximum atomic E-state index is 14.5. The molecule has 1 fully saturated rings. The molecule has 0 amide bonds. The Bertz CT molecular complexity index is 838. The lowest BCUT2D eigenvalue weighted by atomic mass is 9.84. The maximum Gasteiger partial charge on any atom is 0.514 e. The molecule has 0 bridgehead atoms.